The second-order valence-electron chi connectivity index (χ2n) is 8.11. The Hall–Kier alpha value is -2.07. The zero-order valence-corrected chi connectivity index (χ0v) is 23.4. The zero-order chi connectivity index (χ0) is 25.4. The number of halogens is 1. The molecule has 0 aliphatic carbocycles. The van der Waals surface area contributed by atoms with Gasteiger partial charge in [0, 0.05) is 22.5 Å². The van der Waals surface area contributed by atoms with Crippen LogP contribution in [0, 0.1) is 13.8 Å². The molecule has 0 bridgehead atoms. The fraction of sp³-hybridized carbons (Fsp3) is 0.360. The Morgan fingerprint density at radius 3 is 2.46 bits per heavy atom. The molecule has 10 heteroatoms. The molecular weight excluding hydrogens is 520 g/mol. The number of carbonyl (C=O) groups excluding carboxylic acids is 2. The summed E-state index contributed by atoms with van der Waals surface area (Å²) in [5.74, 6) is 0.685. The molecule has 0 aliphatic rings. The van der Waals surface area contributed by atoms with Gasteiger partial charge in [0.25, 0.3) is 0 Å². The second-order valence-corrected chi connectivity index (χ2v) is 12.0. The lowest BCUT2D eigenvalue weighted by molar-refractivity contribution is -0.134. The second kappa shape index (κ2) is 13.3. The quantitative estimate of drug-likeness (QED) is 0.277. The molecule has 0 unspecified atom stereocenters. The highest BCUT2D eigenvalue weighted by Crippen LogP contribution is 2.31. The third kappa shape index (κ3) is 8.24. The highest BCUT2D eigenvalue weighted by molar-refractivity contribution is 8.03. The average molecular weight is 549 g/mol. The normalized spacial score (nSPS) is 11.8. The standard InChI is InChI=1S/C25H29ClN4O2S3/c1-5-17(3)30(13-22(31)27-21-8-6-7-16(2)18(21)4)23(32)15-34-25-29-28-24(35-25)33-14-19-9-11-20(26)12-10-19/h6-12,17H,5,13-15H2,1-4H3,(H,27,31)/t17-/m1/s1. The molecule has 186 valence electrons. The van der Waals surface area contributed by atoms with Crippen LogP contribution in [0.2, 0.25) is 5.02 Å². The lowest BCUT2D eigenvalue weighted by atomic mass is 10.1. The monoisotopic (exact) mass is 548 g/mol. The smallest absolute Gasteiger partial charge is 0.244 e. The number of aryl methyl sites for hydroxylation is 1. The van der Waals surface area contributed by atoms with Crippen LogP contribution in [0.5, 0.6) is 0 Å². The highest BCUT2D eigenvalue weighted by atomic mass is 35.5. The average Bonchev–Trinajstić information content (AvgIpc) is 3.31. The maximum Gasteiger partial charge on any atom is 0.244 e. The summed E-state index contributed by atoms with van der Waals surface area (Å²) in [5.41, 5.74) is 4.07. The molecule has 3 aromatic rings. The van der Waals surface area contributed by atoms with E-state index < -0.39 is 0 Å². The summed E-state index contributed by atoms with van der Waals surface area (Å²) < 4.78 is 1.59. The van der Waals surface area contributed by atoms with Crippen molar-refractivity contribution in [1.82, 2.24) is 15.1 Å². The van der Waals surface area contributed by atoms with Crippen LogP contribution in [0.4, 0.5) is 5.69 Å². The molecule has 1 N–H and O–H groups in total. The molecule has 1 heterocycles. The largest absolute Gasteiger partial charge is 0.330 e. The van der Waals surface area contributed by atoms with Crippen LogP contribution in [0.1, 0.15) is 37.0 Å². The summed E-state index contributed by atoms with van der Waals surface area (Å²) >= 11 is 10.4. The lowest BCUT2D eigenvalue weighted by Crippen LogP contribution is -2.44. The Morgan fingerprint density at radius 1 is 1.09 bits per heavy atom. The van der Waals surface area contributed by atoms with Gasteiger partial charge in [0.1, 0.15) is 6.54 Å². The number of hydrogen-bond donors (Lipinski definition) is 1. The maximum atomic E-state index is 13.0. The Labute approximate surface area is 224 Å². The number of nitrogens with zero attached hydrogens (tertiary/aromatic N) is 3. The molecule has 0 saturated carbocycles. The van der Waals surface area contributed by atoms with Gasteiger partial charge in [-0.05, 0) is 62.1 Å². The first-order valence-electron chi connectivity index (χ1n) is 11.3. The van der Waals surface area contributed by atoms with Crippen molar-refractivity contribution in [2.24, 2.45) is 0 Å². The van der Waals surface area contributed by atoms with Crippen LogP contribution in [-0.2, 0) is 15.3 Å². The molecular formula is C25H29ClN4O2S3. The van der Waals surface area contributed by atoms with E-state index in [2.05, 4.69) is 15.5 Å². The van der Waals surface area contributed by atoms with Gasteiger partial charge in [0.2, 0.25) is 11.8 Å². The first-order chi connectivity index (χ1) is 16.8. The number of aromatic nitrogens is 2. The molecule has 35 heavy (non-hydrogen) atoms. The first kappa shape index (κ1) is 27.5. The van der Waals surface area contributed by atoms with Gasteiger partial charge >= 0.3 is 0 Å². The van der Waals surface area contributed by atoms with Crippen molar-refractivity contribution in [2.45, 2.75) is 54.6 Å². The minimum atomic E-state index is -0.200. The van der Waals surface area contributed by atoms with E-state index in [0.717, 1.165) is 43.2 Å². The summed E-state index contributed by atoms with van der Waals surface area (Å²) in [7, 11) is 0. The number of rotatable bonds is 11. The van der Waals surface area contributed by atoms with Crippen LogP contribution < -0.4 is 5.32 Å². The fourth-order valence-corrected chi connectivity index (χ4v) is 6.18. The van der Waals surface area contributed by atoms with Crippen molar-refractivity contribution in [3.63, 3.8) is 0 Å². The Kier molecular flexibility index (Phi) is 10.5. The minimum absolute atomic E-state index is 0.0140. The summed E-state index contributed by atoms with van der Waals surface area (Å²) in [6.07, 6.45) is 0.761. The van der Waals surface area contributed by atoms with E-state index in [1.807, 2.05) is 70.2 Å². The van der Waals surface area contributed by atoms with E-state index in [9.17, 15) is 9.59 Å². The molecule has 0 spiro atoms. The van der Waals surface area contributed by atoms with Crippen molar-refractivity contribution in [3.8, 4) is 0 Å². The van der Waals surface area contributed by atoms with Crippen LogP contribution in [0.3, 0.4) is 0 Å². The van der Waals surface area contributed by atoms with Gasteiger partial charge in [-0.25, -0.2) is 0 Å². The van der Waals surface area contributed by atoms with Gasteiger partial charge in [-0.2, -0.15) is 0 Å². The molecule has 1 aromatic heterocycles. The van der Waals surface area contributed by atoms with Crippen molar-refractivity contribution in [1.29, 1.82) is 0 Å². The van der Waals surface area contributed by atoms with Gasteiger partial charge < -0.3 is 10.2 Å². The summed E-state index contributed by atoms with van der Waals surface area (Å²) in [4.78, 5) is 27.4. The van der Waals surface area contributed by atoms with E-state index in [1.54, 1.807) is 16.7 Å². The maximum absolute atomic E-state index is 13.0. The number of nitrogens with one attached hydrogen (secondary N) is 1. The number of anilines is 1. The summed E-state index contributed by atoms with van der Waals surface area (Å²) in [6.45, 7) is 7.97. The fourth-order valence-electron chi connectivity index (χ4n) is 3.19. The van der Waals surface area contributed by atoms with Gasteiger partial charge in [-0.15, -0.1) is 10.2 Å². The number of thioether (sulfide) groups is 2. The van der Waals surface area contributed by atoms with Crippen LogP contribution in [-0.4, -0.2) is 45.3 Å². The van der Waals surface area contributed by atoms with Gasteiger partial charge in [0.15, 0.2) is 8.68 Å². The van der Waals surface area contributed by atoms with E-state index in [0.29, 0.717) is 5.02 Å². The van der Waals surface area contributed by atoms with E-state index in [1.165, 1.54) is 23.1 Å². The summed E-state index contributed by atoms with van der Waals surface area (Å²) in [5, 5.41) is 12.1. The predicted octanol–water partition coefficient (Wildman–Crippen LogP) is 6.46. The molecule has 6 nitrogen and oxygen atoms in total. The molecule has 3 rings (SSSR count). The van der Waals surface area contributed by atoms with Gasteiger partial charge in [-0.1, -0.05) is 77.7 Å². The number of amides is 2. The minimum Gasteiger partial charge on any atom is -0.330 e. The zero-order valence-electron chi connectivity index (χ0n) is 20.2. The molecule has 0 saturated heterocycles. The third-order valence-corrected chi connectivity index (χ3v) is 9.12. The van der Waals surface area contributed by atoms with E-state index in [-0.39, 0.29) is 30.2 Å². The number of benzene rings is 2. The molecule has 0 radical (unpaired) electrons. The molecule has 0 fully saturated rings. The number of carbonyl (C=O) groups is 2. The van der Waals surface area contributed by atoms with Crippen LogP contribution in [0.15, 0.2) is 51.1 Å². The molecule has 1 atom stereocenters. The Morgan fingerprint density at radius 2 is 1.77 bits per heavy atom. The molecule has 0 aliphatic heterocycles. The van der Waals surface area contributed by atoms with Crippen molar-refractivity contribution in [2.75, 3.05) is 17.6 Å². The van der Waals surface area contributed by atoms with E-state index >= 15 is 0 Å². The van der Waals surface area contributed by atoms with E-state index in [4.69, 9.17) is 11.6 Å². The van der Waals surface area contributed by atoms with Crippen molar-refractivity contribution < 1.29 is 9.59 Å². The van der Waals surface area contributed by atoms with Crippen LogP contribution >= 0.6 is 46.5 Å². The summed E-state index contributed by atoms with van der Waals surface area (Å²) in [6, 6.07) is 13.5. The van der Waals surface area contributed by atoms with Crippen LogP contribution in [0.25, 0.3) is 0 Å². The molecule has 2 amide bonds. The van der Waals surface area contributed by atoms with Gasteiger partial charge in [0.05, 0.1) is 5.75 Å². The Bertz CT molecular complexity index is 1150. The SMILES string of the molecule is CC[C@@H](C)N(CC(=O)Nc1cccc(C)c1C)C(=O)CSc1nnc(SCc2ccc(Cl)cc2)s1. The van der Waals surface area contributed by atoms with Crippen molar-refractivity contribution >= 4 is 64.0 Å². The lowest BCUT2D eigenvalue weighted by Gasteiger charge is -2.28. The third-order valence-electron chi connectivity index (χ3n) is 5.62. The first-order valence-corrected chi connectivity index (χ1v) is 14.4. The Balaban J connectivity index is 1.54. The number of hydrogen-bond acceptors (Lipinski definition) is 7. The van der Waals surface area contributed by atoms with Crippen molar-refractivity contribution in [3.05, 3.63) is 64.2 Å². The predicted molar refractivity (Wildman–Crippen MR) is 148 cm³/mol. The topological polar surface area (TPSA) is 75.2 Å². The highest BCUT2D eigenvalue weighted by Gasteiger charge is 2.23. The van der Waals surface area contributed by atoms with Gasteiger partial charge in [-0.3, -0.25) is 9.59 Å². The molecule has 2 aromatic carbocycles.